The summed E-state index contributed by atoms with van der Waals surface area (Å²) in [5.74, 6) is -1.14. The topological polar surface area (TPSA) is 38.8 Å². The van der Waals surface area contributed by atoms with Crippen LogP contribution in [0.1, 0.15) is 19.4 Å². The van der Waals surface area contributed by atoms with Crippen molar-refractivity contribution in [2.45, 2.75) is 25.0 Å². The second-order valence-electron chi connectivity index (χ2n) is 4.41. The van der Waals surface area contributed by atoms with Gasteiger partial charge in [0.05, 0.1) is 12.1 Å². The first-order valence-electron chi connectivity index (χ1n) is 5.20. The Morgan fingerprint density at radius 1 is 1.33 bits per heavy atom. The van der Waals surface area contributed by atoms with Crippen molar-refractivity contribution in [1.29, 1.82) is 0 Å². The fourth-order valence-electron chi connectivity index (χ4n) is 2.01. The van der Waals surface area contributed by atoms with E-state index in [1.165, 1.54) is 19.2 Å². The van der Waals surface area contributed by atoms with Crippen molar-refractivity contribution < 1.29 is 18.7 Å². The maximum atomic E-state index is 13.5. The molecule has 0 saturated carbocycles. The van der Waals surface area contributed by atoms with Gasteiger partial charge < -0.3 is 9.47 Å². The molecule has 2 unspecified atom stereocenters. The smallest absolute Gasteiger partial charge is 0.341 e. The van der Waals surface area contributed by atoms with Crippen LogP contribution in [0.3, 0.4) is 0 Å². The van der Waals surface area contributed by atoms with Crippen LogP contribution in [0.25, 0.3) is 0 Å². The van der Waals surface area contributed by atoms with E-state index in [4.69, 9.17) is 27.9 Å². The van der Waals surface area contributed by atoms with Crippen LogP contribution in [0.15, 0.2) is 12.1 Å². The van der Waals surface area contributed by atoms with Gasteiger partial charge in [-0.05, 0) is 26.0 Å². The standard InChI is InChI=1S/C12H11Cl2FO3/c1-11(12(2,18-11)10(16)17-3)6-4-9(15)8(14)5-7(6)13/h4-5H,1-3H3. The third kappa shape index (κ3) is 1.71. The number of carbonyl (C=O) groups is 1. The average molecular weight is 293 g/mol. The van der Waals surface area contributed by atoms with E-state index in [9.17, 15) is 9.18 Å². The third-order valence-electron chi connectivity index (χ3n) is 3.38. The van der Waals surface area contributed by atoms with E-state index in [2.05, 4.69) is 4.74 Å². The molecule has 0 radical (unpaired) electrons. The van der Waals surface area contributed by atoms with Gasteiger partial charge in [-0.3, -0.25) is 0 Å². The minimum atomic E-state index is -1.16. The monoisotopic (exact) mass is 292 g/mol. The van der Waals surface area contributed by atoms with Crippen molar-refractivity contribution >= 4 is 29.2 Å². The summed E-state index contributed by atoms with van der Waals surface area (Å²) in [6.07, 6.45) is 0. The summed E-state index contributed by atoms with van der Waals surface area (Å²) in [4.78, 5) is 11.6. The van der Waals surface area contributed by atoms with Crippen LogP contribution in [-0.4, -0.2) is 18.7 Å². The van der Waals surface area contributed by atoms with Gasteiger partial charge in [-0.15, -0.1) is 0 Å². The van der Waals surface area contributed by atoms with Gasteiger partial charge in [0.1, 0.15) is 11.4 Å². The lowest BCUT2D eigenvalue weighted by atomic mass is 9.89. The molecule has 2 atom stereocenters. The number of carbonyl (C=O) groups excluding carboxylic acids is 1. The fourth-order valence-corrected chi connectivity index (χ4v) is 2.58. The van der Waals surface area contributed by atoms with E-state index in [1.54, 1.807) is 13.8 Å². The van der Waals surface area contributed by atoms with Crippen molar-refractivity contribution in [2.75, 3.05) is 7.11 Å². The molecule has 3 nitrogen and oxygen atoms in total. The first kappa shape index (κ1) is 13.6. The van der Waals surface area contributed by atoms with Crippen LogP contribution in [0, 0.1) is 5.82 Å². The minimum Gasteiger partial charge on any atom is -0.467 e. The second-order valence-corrected chi connectivity index (χ2v) is 5.22. The van der Waals surface area contributed by atoms with E-state index >= 15 is 0 Å². The number of hydrogen-bond acceptors (Lipinski definition) is 3. The van der Waals surface area contributed by atoms with E-state index < -0.39 is 23.0 Å². The van der Waals surface area contributed by atoms with Crippen molar-refractivity contribution in [1.82, 2.24) is 0 Å². The summed E-state index contributed by atoms with van der Waals surface area (Å²) >= 11 is 11.6. The molecule has 1 aromatic rings. The Kier molecular flexibility index (Phi) is 3.08. The predicted octanol–water partition coefficient (Wildman–Crippen LogP) is 3.31. The summed E-state index contributed by atoms with van der Waals surface area (Å²) in [5.41, 5.74) is -1.80. The highest BCUT2D eigenvalue weighted by Crippen LogP contribution is 2.57. The molecule has 0 N–H and O–H groups in total. The third-order valence-corrected chi connectivity index (χ3v) is 3.98. The summed E-state index contributed by atoms with van der Waals surface area (Å²) in [6.45, 7) is 3.22. The molecule has 6 heteroatoms. The number of hydrogen-bond donors (Lipinski definition) is 0. The summed E-state index contributed by atoms with van der Waals surface area (Å²) in [6, 6.07) is 2.47. The highest BCUT2D eigenvalue weighted by atomic mass is 35.5. The fraction of sp³-hybridized carbons (Fsp3) is 0.417. The van der Waals surface area contributed by atoms with Crippen molar-refractivity contribution in [2.24, 2.45) is 0 Å². The van der Waals surface area contributed by atoms with Crippen LogP contribution >= 0.6 is 23.2 Å². The van der Waals surface area contributed by atoms with Crippen molar-refractivity contribution in [3.8, 4) is 0 Å². The molecule has 98 valence electrons. The molecule has 1 fully saturated rings. The molecule has 0 spiro atoms. The Balaban J connectivity index is 2.46. The highest BCUT2D eigenvalue weighted by Gasteiger charge is 2.71. The Morgan fingerprint density at radius 2 is 1.94 bits per heavy atom. The van der Waals surface area contributed by atoms with Crippen LogP contribution in [0.5, 0.6) is 0 Å². The summed E-state index contributed by atoms with van der Waals surface area (Å²) < 4.78 is 23.6. The maximum absolute atomic E-state index is 13.5. The molecule has 1 aromatic carbocycles. The van der Waals surface area contributed by atoms with E-state index in [0.717, 1.165) is 0 Å². The first-order chi connectivity index (χ1) is 8.26. The van der Waals surface area contributed by atoms with Crippen molar-refractivity contribution in [3.05, 3.63) is 33.6 Å². The number of methoxy groups -OCH3 is 1. The molecule has 0 aromatic heterocycles. The Bertz CT molecular complexity index is 534. The Hall–Kier alpha value is -0.840. The average Bonchev–Trinajstić information content (AvgIpc) is 2.88. The molecule has 0 amide bonds. The number of esters is 1. The lowest BCUT2D eigenvalue weighted by Gasteiger charge is -2.13. The van der Waals surface area contributed by atoms with E-state index in [0.29, 0.717) is 5.56 Å². The van der Waals surface area contributed by atoms with Crippen molar-refractivity contribution in [3.63, 3.8) is 0 Å². The molecular formula is C12H11Cl2FO3. The number of epoxide rings is 1. The summed E-state index contributed by atoms with van der Waals surface area (Å²) in [7, 11) is 1.26. The second kappa shape index (κ2) is 4.08. The van der Waals surface area contributed by atoms with Gasteiger partial charge in [0.25, 0.3) is 0 Å². The van der Waals surface area contributed by atoms with E-state index in [1.807, 2.05) is 0 Å². The van der Waals surface area contributed by atoms with Gasteiger partial charge in [-0.1, -0.05) is 23.2 Å². The molecule has 0 aliphatic carbocycles. The summed E-state index contributed by atoms with van der Waals surface area (Å²) in [5, 5.41) is 0.171. The number of halogens is 3. The van der Waals surface area contributed by atoms with Gasteiger partial charge in [-0.25, -0.2) is 9.18 Å². The molecule has 0 bridgehead atoms. The van der Waals surface area contributed by atoms with Crippen LogP contribution in [-0.2, 0) is 19.9 Å². The zero-order chi connectivity index (χ0) is 13.7. The van der Waals surface area contributed by atoms with Crippen LogP contribution < -0.4 is 0 Å². The number of ether oxygens (including phenoxy) is 2. The number of rotatable bonds is 2. The molecule has 18 heavy (non-hydrogen) atoms. The van der Waals surface area contributed by atoms with Gasteiger partial charge in [0.15, 0.2) is 5.60 Å². The van der Waals surface area contributed by atoms with Gasteiger partial charge in [0, 0.05) is 10.6 Å². The van der Waals surface area contributed by atoms with Gasteiger partial charge >= 0.3 is 5.97 Å². The predicted molar refractivity (Wildman–Crippen MR) is 65.3 cm³/mol. The number of benzene rings is 1. The lowest BCUT2D eigenvalue weighted by Crippen LogP contribution is -2.29. The van der Waals surface area contributed by atoms with E-state index in [-0.39, 0.29) is 10.0 Å². The quantitative estimate of drug-likeness (QED) is 0.477. The SMILES string of the molecule is COC(=O)C1(C)OC1(C)c1cc(F)c(Cl)cc1Cl. The first-order valence-corrected chi connectivity index (χ1v) is 5.95. The lowest BCUT2D eigenvalue weighted by molar-refractivity contribution is -0.146. The Labute approximate surface area is 114 Å². The molecule has 1 heterocycles. The minimum absolute atomic E-state index is 0.0761. The van der Waals surface area contributed by atoms with Crippen LogP contribution in [0.2, 0.25) is 10.0 Å². The van der Waals surface area contributed by atoms with Gasteiger partial charge in [0.2, 0.25) is 0 Å². The zero-order valence-electron chi connectivity index (χ0n) is 10.0. The zero-order valence-corrected chi connectivity index (χ0v) is 11.5. The molecular weight excluding hydrogens is 282 g/mol. The highest BCUT2D eigenvalue weighted by molar-refractivity contribution is 6.35. The normalized spacial score (nSPS) is 30.1. The largest absolute Gasteiger partial charge is 0.467 e. The molecule has 2 rings (SSSR count). The molecule has 1 aliphatic rings. The maximum Gasteiger partial charge on any atom is 0.341 e. The molecule has 1 aliphatic heterocycles. The Morgan fingerprint density at radius 3 is 2.50 bits per heavy atom. The van der Waals surface area contributed by atoms with Gasteiger partial charge in [-0.2, -0.15) is 0 Å². The molecule has 1 saturated heterocycles. The van der Waals surface area contributed by atoms with Crippen LogP contribution in [0.4, 0.5) is 4.39 Å².